The van der Waals surface area contributed by atoms with Crippen LogP contribution >= 0.6 is 20.3 Å². The molecule has 2 saturated heterocycles. The molecular formula is C63H88N5O12PS. The van der Waals surface area contributed by atoms with Crippen LogP contribution < -0.4 is 20.1 Å². The van der Waals surface area contributed by atoms with E-state index in [-0.39, 0.29) is 78.9 Å². The number of thioether (sulfide) groups is 1. The van der Waals surface area contributed by atoms with Crippen molar-refractivity contribution in [1.29, 1.82) is 5.26 Å². The van der Waals surface area contributed by atoms with Crippen LogP contribution in [0.25, 0.3) is 0 Å². The van der Waals surface area contributed by atoms with Crippen molar-refractivity contribution in [3.8, 4) is 17.6 Å². The number of urea groups is 1. The lowest BCUT2D eigenvalue weighted by Gasteiger charge is -2.39. The SMILES string of the molecule is COc1ccc(C(OCC(COCCOCCOCCOCCCNC(=O)CCCCC2SCC3C2NC(=O)N3C(=O)c2ccc(C(C)(C)C)cc2)OP(OCCC#N)N(C(C)C)C(C)C)(c2ccccc2)c2ccc(OC)cc2)cc1. The molecule has 19 heteroatoms. The van der Waals surface area contributed by atoms with Gasteiger partial charge in [0.2, 0.25) is 5.91 Å². The van der Waals surface area contributed by atoms with Crippen LogP contribution in [0.5, 0.6) is 11.5 Å². The Morgan fingerprint density at radius 1 is 0.732 bits per heavy atom. The van der Waals surface area contributed by atoms with Gasteiger partial charge in [-0.15, -0.1) is 0 Å². The van der Waals surface area contributed by atoms with E-state index in [1.54, 1.807) is 26.0 Å². The molecule has 0 spiro atoms. The third-order valence-electron chi connectivity index (χ3n) is 14.3. The van der Waals surface area contributed by atoms with Crippen molar-refractivity contribution < 1.29 is 56.6 Å². The average Bonchev–Trinajstić information content (AvgIpc) is 4.01. The molecule has 2 aliphatic heterocycles. The number of nitriles is 1. The first-order valence-corrected chi connectivity index (χ1v) is 31.0. The molecule has 2 fully saturated rings. The van der Waals surface area contributed by atoms with Gasteiger partial charge >= 0.3 is 6.03 Å². The number of carbonyl (C=O) groups excluding carboxylic acids is 3. The molecule has 0 aliphatic carbocycles. The van der Waals surface area contributed by atoms with Gasteiger partial charge in [-0.05, 0) is 111 Å². The fourth-order valence-electron chi connectivity index (χ4n) is 10.0. The minimum Gasteiger partial charge on any atom is -0.497 e. The van der Waals surface area contributed by atoms with Crippen LogP contribution in [0.2, 0.25) is 0 Å². The van der Waals surface area contributed by atoms with Crippen LogP contribution in [0, 0.1) is 11.3 Å². The Balaban J connectivity index is 0.886. The van der Waals surface area contributed by atoms with Crippen LogP contribution in [0.3, 0.4) is 0 Å². The number of benzene rings is 4. The quantitative estimate of drug-likeness (QED) is 0.0188. The van der Waals surface area contributed by atoms with Gasteiger partial charge in [0.15, 0.2) is 0 Å². The predicted octanol–water partition coefficient (Wildman–Crippen LogP) is 10.8. The molecule has 0 radical (unpaired) electrons. The molecule has 2 heterocycles. The van der Waals surface area contributed by atoms with Crippen molar-refractivity contribution in [2.75, 3.05) is 92.6 Å². The van der Waals surface area contributed by atoms with Gasteiger partial charge in [0, 0.05) is 48.2 Å². The summed E-state index contributed by atoms with van der Waals surface area (Å²) in [5.41, 5.74) is 3.22. The highest BCUT2D eigenvalue weighted by Gasteiger charge is 2.50. The van der Waals surface area contributed by atoms with E-state index in [4.69, 9.17) is 42.2 Å². The molecule has 6 rings (SSSR count). The summed E-state index contributed by atoms with van der Waals surface area (Å²) >= 11 is 1.79. The highest BCUT2D eigenvalue weighted by molar-refractivity contribution is 8.00. The summed E-state index contributed by atoms with van der Waals surface area (Å²) in [6.45, 7) is 18.6. The average molecular weight is 1170 g/mol. The Kier molecular flexibility index (Phi) is 27.3. The molecule has 2 aliphatic rings. The first-order chi connectivity index (χ1) is 39.6. The number of imide groups is 1. The van der Waals surface area contributed by atoms with E-state index in [1.807, 2.05) is 91.0 Å². The number of rotatable bonds is 37. The van der Waals surface area contributed by atoms with Crippen LogP contribution in [0.15, 0.2) is 103 Å². The molecule has 4 aromatic rings. The normalized spacial score (nSPS) is 17.0. The smallest absolute Gasteiger partial charge is 0.325 e. The molecule has 0 saturated carbocycles. The van der Waals surface area contributed by atoms with Crippen LogP contribution in [-0.4, -0.2) is 156 Å². The Labute approximate surface area is 492 Å². The summed E-state index contributed by atoms with van der Waals surface area (Å²) in [5.74, 6) is 1.90. The summed E-state index contributed by atoms with van der Waals surface area (Å²) in [6.07, 6.45) is 3.22. The fourth-order valence-corrected chi connectivity index (χ4v) is 13.3. The molecule has 448 valence electrons. The second-order valence-electron chi connectivity index (χ2n) is 21.9. The highest BCUT2D eigenvalue weighted by atomic mass is 32.2. The number of methoxy groups -OCH3 is 2. The van der Waals surface area contributed by atoms with Crippen LogP contribution in [0.4, 0.5) is 4.79 Å². The predicted molar refractivity (Wildman–Crippen MR) is 321 cm³/mol. The number of fused-ring (bicyclic) bond motifs is 1. The summed E-state index contributed by atoms with van der Waals surface area (Å²) in [6, 6.07) is 35.2. The van der Waals surface area contributed by atoms with Gasteiger partial charge in [-0.1, -0.05) is 93.9 Å². The van der Waals surface area contributed by atoms with Crippen LogP contribution in [0.1, 0.15) is 120 Å². The van der Waals surface area contributed by atoms with Gasteiger partial charge < -0.3 is 52.8 Å². The molecule has 0 bridgehead atoms. The summed E-state index contributed by atoms with van der Waals surface area (Å²) in [5, 5.41) is 15.7. The van der Waals surface area contributed by atoms with E-state index in [1.165, 1.54) is 4.90 Å². The molecule has 4 amide bonds. The van der Waals surface area contributed by atoms with Crippen molar-refractivity contribution in [3.05, 3.63) is 131 Å². The van der Waals surface area contributed by atoms with E-state index in [0.29, 0.717) is 77.0 Å². The zero-order valence-corrected chi connectivity index (χ0v) is 51.3. The summed E-state index contributed by atoms with van der Waals surface area (Å²) in [7, 11) is 1.65. The van der Waals surface area contributed by atoms with E-state index in [2.05, 4.69) is 82.0 Å². The van der Waals surface area contributed by atoms with E-state index in [9.17, 15) is 19.6 Å². The Bertz CT molecular complexity index is 2510. The van der Waals surface area contributed by atoms with Crippen molar-refractivity contribution in [1.82, 2.24) is 20.2 Å². The minimum atomic E-state index is -1.64. The van der Waals surface area contributed by atoms with Gasteiger partial charge in [0.1, 0.15) is 23.2 Å². The zero-order valence-electron chi connectivity index (χ0n) is 49.6. The number of hydrogen-bond donors (Lipinski definition) is 2. The van der Waals surface area contributed by atoms with Gasteiger partial charge in [-0.3, -0.25) is 14.5 Å². The van der Waals surface area contributed by atoms with Crippen LogP contribution in [-0.2, 0) is 48.5 Å². The number of ether oxygens (including phenoxy) is 7. The largest absolute Gasteiger partial charge is 0.497 e. The second-order valence-corrected chi connectivity index (χ2v) is 24.5. The number of unbranched alkanes of at least 4 members (excludes halogenated alkanes) is 1. The summed E-state index contributed by atoms with van der Waals surface area (Å²) < 4.78 is 57.5. The first-order valence-electron chi connectivity index (χ1n) is 28.8. The third-order valence-corrected chi connectivity index (χ3v) is 17.9. The first kappa shape index (κ1) is 66.0. The standard InChI is InChI=1S/C63H88N5O12PS/c1-46(2)68(47(3)4)81(79-36-15-33-64)80-55(44-78-63(50-17-11-10-12-18-50,51-25-29-53(72-8)30-26-51)52-27-31-54(73-9)32-28-52)43-77-42-41-76-40-39-75-38-37-74-35-16-34-65-58(69)20-14-13-19-57-59-56(45-82-57)67(61(71)66-59)60(70)48-21-23-49(24-22-48)62(5,6)7/h10-12,17-18,21-32,46-47,55-57,59H,13-16,19-20,34-45H2,1-9H3,(H,65,69)(H,66,71). The van der Waals surface area contributed by atoms with Gasteiger partial charge in [-0.25, -0.2) is 9.46 Å². The topological polar surface area (TPSA) is 189 Å². The summed E-state index contributed by atoms with van der Waals surface area (Å²) in [4.78, 5) is 40.4. The molecule has 17 nitrogen and oxygen atoms in total. The van der Waals surface area contributed by atoms with E-state index in [0.717, 1.165) is 53.0 Å². The maximum atomic E-state index is 13.4. The number of hydrogen-bond acceptors (Lipinski definition) is 15. The lowest BCUT2D eigenvalue weighted by molar-refractivity contribution is -0.121. The molecule has 2 N–H and O–H groups in total. The fraction of sp³-hybridized carbons (Fsp3) is 0.556. The Morgan fingerprint density at radius 3 is 1.85 bits per heavy atom. The van der Waals surface area contributed by atoms with Gasteiger partial charge in [0.25, 0.3) is 14.4 Å². The van der Waals surface area contributed by atoms with Crippen molar-refractivity contribution in [2.24, 2.45) is 0 Å². The number of amides is 4. The number of nitrogens with one attached hydrogen (secondary N) is 2. The lowest BCUT2D eigenvalue weighted by atomic mass is 9.80. The molecule has 5 atom stereocenters. The third kappa shape index (κ3) is 19.2. The lowest BCUT2D eigenvalue weighted by Crippen LogP contribution is -2.41. The Morgan fingerprint density at radius 2 is 1.29 bits per heavy atom. The Hall–Kier alpha value is -5.16. The zero-order chi connectivity index (χ0) is 58.9. The van der Waals surface area contributed by atoms with Gasteiger partial charge in [-0.2, -0.15) is 17.0 Å². The van der Waals surface area contributed by atoms with E-state index >= 15 is 0 Å². The molecule has 5 unspecified atom stereocenters. The molecule has 4 aromatic carbocycles. The molecule has 0 aromatic heterocycles. The van der Waals surface area contributed by atoms with Crippen molar-refractivity contribution in [2.45, 2.75) is 134 Å². The molecule has 82 heavy (non-hydrogen) atoms. The maximum Gasteiger partial charge on any atom is 0.325 e. The van der Waals surface area contributed by atoms with E-state index < -0.39 is 20.2 Å². The van der Waals surface area contributed by atoms with Crippen molar-refractivity contribution >= 4 is 38.1 Å². The highest BCUT2D eigenvalue weighted by Crippen LogP contribution is 2.48. The molecular weight excluding hydrogens is 1080 g/mol. The monoisotopic (exact) mass is 1170 g/mol. The number of carbonyl (C=O) groups is 3. The maximum absolute atomic E-state index is 13.4. The number of nitrogens with zero attached hydrogens (tertiary/aromatic N) is 3. The van der Waals surface area contributed by atoms with Crippen molar-refractivity contribution in [3.63, 3.8) is 0 Å². The van der Waals surface area contributed by atoms with Gasteiger partial charge in [0.05, 0.1) is 98.3 Å². The minimum absolute atomic E-state index is 0.0135. The second kappa shape index (κ2) is 34.0.